The summed E-state index contributed by atoms with van der Waals surface area (Å²) >= 11 is 5.99. The largest absolute Gasteiger partial charge is 0.325 e. The van der Waals surface area contributed by atoms with Crippen LogP contribution in [0.5, 0.6) is 0 Å². The third-order valence-corrected chi connectivity index (χ3v) is 4.64. The lowest BCUT2D eigenvalue weighted by Gasteiger charge is -2.29. The van der Waals surface area contributed by atoms with Gasteiger partial charge in [-0.05, 0) is 29.7 Å². The lowest BCUT2D eigenvalue weighted by Crippen LogP contribution is -2.34. The van der Waals surface area contributed by atoms with Gasteiger partial charge in [-0.15, -0.1) is 0 Å². The summed E-state index contributed by atoms with van der Waals surface area (Å²) in [6.45, 7) is 4.01. The second kappa shape index (κ2) is 7.28. The van der Waals surface area contributed by atoms with Gasteiger partial charge >= 0.3 is 0 Å². The van der Waals surface area contributed by atoms with E-state index in [9.17, 15) is 19.7 Å². The molecule has 1 heterocycles. The maximum atomic E-state index is 12.4. The Bertz CT molecular complexity index is 973. The molecule has 7 nitrogen and oxygen atoms in total. The van der Waals surface area contributed by atoms with Crippen molar-refractivity contribution in [2.24, 2.45) is 16.8 Å². The number of nitro groups is 1. The third kappa shape index (κ3) is 3.88. The van der Waals surface area contributed by atoms with E-state index in [4.69, 9.17) is 11.6 Å². The topological polar surface area (TPSA) is 102 Å². The Morgan fingerprint density at radius 2 is 2.07 bits per heavy atom. The van der Waals surface area contributed by atoms with Crippen molar-refractivity contribution >= 4 is 34.8 Å². The van der Waals surface area contributed by atoms with Crippen LogP contribution in [0.4, 0.5) is 5.69 Å². The number of fused-ring (bicyclic) bond motifs is 1. The highest BCUT2D eigenvalue weighted by molar-refractivity contribution is 6.34. The number of halogens is 1. The second-order valence-corrected chi connectivity index (χ2v) is 6.90. The van der Waals surface area contributed by atoms with Crippen LogP contribution in [-0.4, -0.2) is 22.4 Å². The van der Waals surface area contributed by atoms with E-state index < -0.39 is 10.8 Å². The van der Waals surface area contributed by atoms with E-state index in [1.807, 2.05) is 19.9 Å². The van der Waals surface area contributed by atoms with Crippen LogP contribution < -0.4 is 5.32 Å². The highest BCUT2D eigenvalue weighted by Crippen LogP contribution is 2.32. The summed E-state index contributed by atoms with van der Waals surface area (Å²) in [5, 5.41) is 13.7. The van der Waals surface area contributed by atoms with E-state index in [-0.39, 0.29) is 34.0 Å². The minimum atomic E-state index is -0.694. The molecule has 1 N–H and O–H groups in total. The van der Waals surface area contributed by atoms with E-state index in [1.54, 1.807) is 18.2 Å². The molecule has 27 heavy (non-hydrogen) atoms. The van der Waals surface area contributed by atoms with Crippen molar-refractivity contribution in [2.45, 2.75) is 13.8 Å². The molecule has 2 amide bonds. The first-order valence-corrected chi connectivity index (χ1v) is 8.63. The highest BCUT2D eigenvalue weighted by atomic mass is 35.5. The molecule has 0 saturated carbocycles. The molecule has 1 atom stereocenters. The number of carbonyl (C=O) groups is 2. The van der Waals surface area contributed by atoms with Crippen LogP contribution in [0.3, 0.4) is 0 Å². The average molecular weight is 386 g/mol. The Hall–Kier alpha value is -3.06. The van der Waals surface area contributed by atoms with Gasteiger partial charge in [-0.2, -0.15) is 0 Å². The Balaban J connectivity index is 1.92. The van der Waals surface area contributed by atoms with E-state index in [0.29, 0.717) is 11.4 Å². The number of non-ortho nitro benzene ring substituents is 1. The molecule has 1 aromatic carbocycles. The van der Waals surface area contributed by atoms with Crippen molar-refractivity contribution in [2.75, 3.05) is 0 Å². The molecule has 138 valence electrons. The van der Waals surface area contributed by atoms with Crippen LogP contribution in [0.2, 0.25) is 5.02 Å². The van der Waals surface area contributed by atoms with Gasteiger partial charge in [-0.25, -0.2) is 4.99 Å². The van der Waals surface area contributed by atoms with E-state index in [0.717, 1.165) is 11.6 Å². The summed E-state index contributed by atoms with van der Waals surface area (Å²) in [4.78, 5) is 38.6. The molecule has 1 unspecified atom stereocenters. The average Bonchev–Trinajstić information content (AvgIpc) is 2.60. The molecule has 2 aliphatic rings. The lowest BCUT2D eigenvalue weighted by atomic mass is 9.82. The van der Waals surface area contributed by atoms with Gasteiger partial charge in [0.05, 0.1) is 21.2 Å². The molecule has 0 fully saturated rings. The standard InChI is InChI=1S/C19H16ClN3O4/c1-10(2)14-9-18(24)22-17-7-11(3-5-13(14)17)21-19(25)15-8-12(23(26)27)4-6-16(15)20/h3-10,13H,1-2H3,(H,22,24). The molecular formula is C19H16ClN3O4. The molecule has 8 heteroatoms. The van der Waals surface area contributed by atoms with Gasteiger partial charge in [0.15, 0.2) is 0 Å². The number of nitro benzene ring substituents is 1. The number of hydrogen-bond donors (Lipinski definition) is 1. The number of aliphatic imine (C=N–C) groups is 1. The van der Waals surface area contributed by atoms with Crippen LogP contribution in [0.1, 0.15) is 24.2 Å². The zero-order valence-corrected chi connectivity index (χ0v) is 15.4. The van der Waals surface area contributed by atoms with Gasteiger partial charge in [-0.1, -0.05) is 31.5 Å². The van der Waals surface area contributed by atoms with Gasteiger partial charge in [0, 0.05) is 29.8 Å². The van der Waals surface area contributed by atoms with Crippen LogP contribution in [0.15, 0.2) is 58.8 Å². The fourth-order valence-corrected chi connectivity index (χ4v) is 3.18. The number of benzene rings is 1. The third-order valence-electron chi connectivity index (χ3n) is 4.31. The molecule has 0 bridgehead atoms. The summed E-state index contributed by atoms with van der Waals surface area (Å²) in [5.74, 6) is -0.791. The fraction of sp³-hybridized carbons (Fsp3) is 0.211. The van der Waals surface area contributed by atoms with E-state index in [2.05, 4.69) is 10.3 Å². The van der Waals surface area contributed by atoms with Crippen molar-refractivity contribution < 1.29 is 14.5 Å². The van der Waals surface area contributed by atoms with Crippen molar-refractivity contribution in [3.8, 4) is 0 Å². The number of amides is 2. The summed E-state index contributed by atoms with van der Waals surface area (Å²) in [7, 11) is 0. The van der Waals surface area contributed by atoms with Gasteiger partial charge in [0.25, 0.3) is 11.6 Å². The number of allylic oxidation sites excluding steroid dienone is 3. The number of nitrogens with zero attached hydrogens (tertiary/aromatic N) is 2. The summed E-state index contributed by atoms with van der Waals surface area (Å²) in [6, 6.07) is 3.61. The molecule has 3 rings (SSSR count). The van der Waals surface area contributed by atoms with Gasteiger partial charge < -0.3 is 5.32 Å². The first-order chi connectivity index (χ1) is 12.8. The molecule has 1 aliphatic heterocycles. The molecule has 0 saturated heterocycles. The predicted molar refractivity (Wildman–Crippen MR) is 102 cm³/mol. The second-order valence-electron chi connectivity index (χ2n) is 6.49. The summed E-state index contributed by atoms with van der Waals surface area (Å²) < 4.78 is 0. The first kappa shape index (κ1) is 18.7. The van der Waals surface area contributed by atoms with Crippen molar-refractivity contribution in [3.63, 3.8) is 0 Å². The minimum absolute atomic E-state index is 0.0530. The smallest absolute Gasteiger partial charge is 0.279 e. The molecular weight excluding hydrogens is 370 g/mol. The quantitative estimate of drug-likeness (QED) is 0.634. The van der Waals surface area contributed by atoms with Crippen LogP contribution >= 0.6 is 11.6 Å². The molecule has 0 radical (unpaired) electrons. The van der Waals surface area contributed by atoms with Gasteiger partial charge in [-0.3, -0.25) is 19.7 Å². The zero-order chi connectivity index (χ0) is 19.7. The zero-order valence-electron chi connectivity index (χ0n) is 14.6. The Morgan fingerprint density at radius 3 is 2.74 bits per heavy atom. The van der Waals surface area contributed by atoms with E-state index in [1.165, 1.54) is 12.1 Å². The number of nitrogens with one attached hydrogen (secondary N) is 1. The van der Waals surface area contributed by atoms with E-state index >= 15 is 0 Å². The van der Waals surface area contributed by atoms with Gasteiger partial charge in [0.1, 0.15) is 0 Å². The number of hydrogen-bond acceptors (Lipinski definition) is 4. The monoisotopic (exact) mass is 385 g/mol. The Kier molecular flexibility index (Phi) is 5.05. The SMILES string of the molecule is CC(C)C1=CC(=O)NC2=CC(=NC(=O)c3cc([N+](=O)[O-])ccc3Cl)C=CC21. The normalized spacial score (nSPS) is 20.1. The van der Waals surface area contributed by atoms with Gasteiger partial charge in [0.2, 0.25) is 5.91 Å². The predicted octanol–water partition coefficient (Wildman–Crippen LogP) is 3.61. The minimum Gasteiger partial charge on any atom is -0.325 e. The molecule has 1 aliphatic carbocycles. The Morgan fingerprint density at radius 1 is 1.33 bits per heavy atom. The van der Waals surface area contributed by atoms with Crippen molar-refractivity contribution in [1.29, 1.82) is 0 Å². The van der Waals surface area contributed by atoms with Crippen molar-refractivity contribution in [1.82, 2.24) is 5.32 Å². The maximum absolute atomic E-state index is 12.4. The van der Waals surface area contributed by atoms with Crippen LogP contribution in [0, 0.1) is 22.0 Å². The maximum Gasteiger partial charge on any atom is 0.279 e. The first-order valence-electron chi connectivity index (χ1n) is 8.25. The van der Waals surface area contributed by atoms with Crippen LogP contribution in [-0.2, 0) is 4.79 Å². The fourth-order valence-electron chi connectivity index (χ4n) is 2.98. The molecule has 1 aromatic rings. The van der Waals surface area contributed by atoms with Crippen LogP contribution in [0.25, 0.3) is 0 Å². The highest BCUT2D eigenvalue weighted by Gasteiger charge is 2.28. The summed E-state index contributed by atoms with van der Waals surface area (Å²) in [5.41, 5.74) is 1.66. The molecule has 0 spiro atoms. The lowest BCUT2D eigenvalue weighted by molar-refractivity contribution is -0.384. The number of rotatable bonds is 3. The Labute approximate surface area is 160 Å². The number of carbonyl (C=O) groups excluding carboxylic acids is 2. The summed E-state index contributed by atoms with van der Waals surface area (Å²) in [6.07, 6.45) is 6.76. The van der Waals surface area contributed by atoms with Crippen molar-refractivity contribution in [3.05, 3.63) is 74.5 Å². The molecule has 0 aromatic heterocycles.